The molecular weight excluding hydrogens is 143 g/mol. The standard InChI is InChI=1S/C4H3F5/c5-1-2(3(6)7)4(8)9/h3H,1H2. The second-order valence-electron chi connectivity index (χ2n) is 1.22. The van der Waals surface area contributed by atoms with Crippen LogP contribution in [0.4, 0.5) is 22.0 Å². The van der Waals surface area contributed by atoms with Crippen molar-refractivity contribution in [2.24, 2.45) is 0 Å². The minimum Gasteiger partial charge on any atom is -0.246 e. The molecule has 5 heteroatoms. The lowest BCUT2D eigenvalue weighted by molar-refractivity contribution is 0.168. The molecule has 0 aliphatic carbocycles. The molecule has 0 bridgehead atoms. The lowest BCUT2D eigenvalue weighted by atomic mass is 10.3. The van der Waals surface area contributed by atoms with Crippen molar-refractivity contribution in [3.05, 3.63) is 11.7 Å². The van der Waals surface area contributed by atoms with Gasteiger partial charge in [0.15, 0.2) is 0 Å². The smallest absolute Gasteiger partial charge is 0.246 e. The van der Waals surface area contributed by atoms with Crippen LogP contribution >= 0.6 is 0 Å². The first-order chi connectivity index (χ1) is 4.09. The summed E-state index contributed by atoms with van der Waals surface area (Å²) in [6.07, 6.45) is -6.02. The highest BCUT2D eigenvalue weighted by Gasteiger charge is 2.16. The Kier molecular flexibility index (Phi) is 3.19. The maximum absolute atomic E-state index is 11.2. The molecule has 0 aromatic rings. The van der Waals surface area contributed by atoms with Gasteiger partial charge in [0.25, 0.3) is 12.5 Å². The summed E-state index contributed by atoms with van der Waals surface area (Å²) in [4.78, 5) is 0. The number of hydrogen-bond donors (Lipinski definition) is 0. The first kappa shape index (κ1) is 8.39. The molecular formula is C4H3F5. The minimum atomic E-state index is -3.39. The third kappa shape index (κ3) is 2.43. The quantitative estimate of drug-likeness (QED) is 0.524. The highest BCUT2D eigenvalue weighted by molar-refractivity contribution is 5.05. The van der Waals surface area contributed by atoms with Crippen molar-refractivity contribution in [3.63, 3.8) is 0 Å². The van der Waals surface area contributed by atoms with Crippen molar-refractivity contribution < 1.29 is 22.0 Å². The zero-order chi connectivity index (χ0) is 7.44. The van der Waals surface area contributed by atoms with Crippen molar-refractivity contribution >= 4 is 0 Å². The first-order valence-electron chi connectivity index (χ1n) is 1.97. The van der Waals surface area contributed by atoms with Crippen molar-refractivity contribution in [1.82, 2.24) is 0 Å². The third-order valence-corrected chi connectivity index (χ3v) is 0.650. The van der Waals surface area contributed by atoms with Crippen LogP contribution in [0.15, 0.2) is 11.7 Å². The molecule has 0 aliphatic rings. The molecule has 0 heterocycles. The van der Waals surface area contributed by atoms with E-state index < -0.39 is 24.8 Å². The Labute approximate surface area is 48.0 Å². The second-order valence-corrected chi connectivity index (χ2v) is 1.22. The summed E-state index contributed by atoms with van der Waals surface area (Å²) < 4.78 is 55.7. The summed E-state index contributed by atoms with van der Waals surface area (Å²) in [7, 11) is 0. The molecule has 0 aromatic heterocycles. The summed E-state index contributed by atoms with van der Waals surface area (Å²) in [5, 5.41) is 0. The van der Waals surface area contributed by atoms with Crippen LogP contribution in [-0.4, -0.2) is 13.1 Å². The van der Waals surface area contributed by atoms with E-state index in [1.165, 1.54) is 0 Å². The van der Waals surface area contributed by atoms with Gasteiger partial charge in [0.05, 0.1) is 5.57 Å². The topological polar surface area (TPSA) is 0 Å². The SMILES string of the molecule is FCC(=C(F)F)C(F)F. The fourth-order valence-corrected chi connectivity index (χ4v) is 0.191. The Balaban J connectivity index is 4.16. The average Bonchev–Trinajstić information content (AvgIpc) is 1.64. The zero-order valence-corrected chi connectivity index (χ0v) is 4.17. The van der Waals surface area contributed by atoms with Crippen molar-refractivity contribution in [1.29, 1.82) is 0 Å². The molecule has 0 saturated heterocycles. The average molecular weight is 146 g/mol. The van der Waals surface area contributed by atoms with E-state index in [0.29, 0.717) is 0 Å². The highest BCUT2D eigenvalue weighted by Crippen LogP contribution is 2.15. The number of halogens is 5. The van der Waals surface area contributed by atoms with E-state index in [4.69, 9.17) is 0 Å². The van der Waals surface area contributed by atoms with Gasteiger partial charge >= 0.3 is 0 Å². The molecule has 0 radical (unpaired) electrons. The van der Waals surface area contributed by atoms with E-state index in [-0.39, 0.29) is 0 Å². The molecule has 0 rings (SSSR count). The van der Waals surface area contributed by atoms with Gasteiger partial charge in [-0.05, 0) is 0 Å². The van der Waals surface area contributed by atoms with Gasteiger partial charge in [-0.15, -0.1) is 0 Å². The molecule has 0 atom stereocenters. The van der Waals surface area contributed by atoms with Crippen LogP contribution in [0.1, 0.15) is 0 Å². The van der Waals surface area contributed by atoms with Crippen LogP contribution < -0.4 is 0 Å². The normalized spacial score (nSPS) is 10.0. The predicted molar refractivity (Wildman–Crippen MR) is 21.2 cm³/mol. The van der Waals surface area contributed by atoms with Crippen LogP contribution in [0.25, 0.3) is 0 Å². The van der Waals surface area contributed by atoms with Gasteiger partial charge in [0, 0.05) is 0 Å². The minimum absolute atomic E-state index is 1.73. The fraction of sp³-hybridized carbons (Fsp3) is 0.500. The molecule has 0 nitrogen and oxygen atoms in total. The number of rotatable bonds is 2. The Bertz CT molecular complexity index is 112. The van der Waals surface area contributed by atoms with Gasteiger partial charge < -0.3 is 0 Å². The molecule has 0 aliphatic heterocycles. The molecule has 0 unspecified atom stereocenters. The summed E-state index contributed by atoms with van der Waals surface area (Å²) in [6.45, 7) is -1.79. The molecule has 0 saturated carbocycles. The van der Waals surface area contributed by atoms with Gasteiger partial charge in [-0.25, -0.2) is 13.2 Å². The lowest BCUT2D eigenvalue weighted by Gasteiger charge is -1.95. The molecule has 0 aromatic carbocycles. The predicted octanol–water partition coefficient (Wildman–Crippen LogP) is 2.37. The molecule has 0 amide bonds. The van der Waals surface area contributed by atoms with Gasteiger partial charge in [-0.2, -0.15) is 8.78 Å². The Hall–Kier alpha value is -0.610. The molecule has 9 heavy (non-hydrogen) atoms. The van der Waals surface area contributed by atoms with E-state index in [9.17, 15) is 22.0 Å². The fourth-order valence-electron chi connectivity index (χ4n) is 0.191. The van der Waals surface area contributed by atoms with E-state index in [1.807, 2.05) is 0 Å². The largest absolute Gasteiger partial charge is 0.277 e. The van der Waals surface area contributed by atoms with Crippen LogP contribution in [0.2, 0.25) is 0 Å². The van der Waals surface area contributed by atoms with E-state index in [1.54, 1.807) is 0 Å². The Morgan fingerprint density at radius 1 is 1.22 bits per heavy atom. The third-order valence-electron chi connectivity index (χ3n) is 0.650. The van der Waals surface area contributed by atoms with Crippen LogP contribution in [-0.2, 0) is 0 Å². The van der Waals surface area contributed by atoms with Crippen LogP contribution in [0.5, 0.6) is 0 Å². The van der Waals surface area contributed by atoms with Crippen LogP contribution in [0, 0.1) is 0 Å². The molecule has 54 valence electrons. The Morgan fingerprint density at radius 3 is 1.67 bits per heavy atom. The van der Waals surface area contributed by atoms with E-state index in [2.05, 4.69) is 0 Å². The van der Waals surface area contributed by atoms with Gasteiger partial charge in [-0.1, -0.05) is 0 Å². The number of alkyl halides is 3. The molecule has 0 fully saturated rings. The number of allylic oxidation sites excluding steroid dienone is 1. The van der Waals surface area contributed by atoms with Gasteiger partial charge in [0.2, 0.25) is 0 Å². The monoisotopic (exact) mass is 146 g/mol. The highest BCUT2D eigenvalue weighted by atomic mass is 19.3. The summed E-state index contributed by atoms with van der Waals surface area (Å²) in [5.41, 5.74) is -1.73. The van der Waals surface area contributed by atoms with E-state index in [0.717, 1.165) is 0 Å². The molecule has 0 N–H and O–H groups in total. The van der Waals surface area contributed by atoms with Crippen molar-refractivity contribution in [2.75, 3.05) is 6.67 Å². The van der Waals surface area contributed by atoms with Gasteiger partial charge in [0.1, 0.15) is 6.67 Å². The zero-order valence-electron chi connectivity index (χ0n) is 4.17. The maximum Gasteiger partial charge on any atom is 0.277 e. The van der Waals surface area contributed by atoms with E-state index >= 15 is 0 Å². The lowest BCUT2D eigenvalue weighted by Crippen LogP contribution is -1.99. The molecule has 0 spiro atoms. The Morgan fingerprint density at radius 2 is 1.67 bits per heavy atom. The van der Waals surface area contributed by atoms with Crippen molar-refractivity contribution in [3.8, 4) is 0 Å². The summed E-state index contributed by atoms with van der Waals surface area (Å²) >= 11 is 0. The summed E-state index contributed by atoms with van der Waals surface area (Å²) in [5.74, 6) is 0. The van der Waals surface area contributed by atoms with Crippen molar-refractivity contribution in [2.45, 2.75) is 6.43 Å². The van der Waals surface area contributed by atoms with Crippen LogP contribution in [0.3, 0.4) is 0 Å². The second kappa shape index (κ2) is 3.42. The van der Waals surface area contributed by atoms with Gasteiger partial charge in [-0.3, -0.25) is 0 Å². The first-order valence-corrected chi connectivity index (χ1v) is 1.97. The number of hydrogen-bond acceptors (Lipinski definition) is 0. The maximum atomic E-state index is 11.2. The summed E-state index contributed by atoms with van der Waals surface area (Å²) in [6, 6.07) is 0.